The van der Waals surface area contributed by atoms with Crippen molar-refractivity contribution >= 4 is 5.97 Å². The molecule has 22 heavy (non-hydrogen) atoms. The third-order valence-corrected chi connectivity index (χ3v) is 4.36. The Bertz CT molecular complexity index is 677. The number of carboxylic acids is 1. The number of carbonyl (C=O) groups is 1. The SMILES string of the molecule is CCCC(C)(c1ccccc1)c1ccc(C)c(C(=O)O)c1O. The first-order valence-corrected chi connectivity index (χ1v) is 7.53. The number of benzene rings is 2. The summed E-state index contributed by atoms with van der Waals surface area (Å²) in [5.74, 6) is -1.21. The monoisotopic (exact) mass is 298 g/mol. The van der Waals surface area contributed by atoms with E-state index in [4.69, 9.17) is 0 Å². The Morgan fingerprint density at radius 1 is 1.14 bits per heavy atom. The summed E-state index contributed by atoms with van der Waals surface area (Å²) in [6, 6.07) is 13.5. The number of aromatic carboxylic acids is 1. The van der Waals surface area contributed by atoms with E-state index < -0.39 is 11.4 Å². The van der Waals surface area contributed by atoms with Gasteiger partial charge in [-0.15, -0.1) is 0 Å². The lowest BCUT2D eigenvalue weighted by atomic mass is 9.72. The Morgan fingerprint density at radius 2 is 1.77 bits per heavy atom. The zero-order valence-electron chi connectivity index (χ0n) is 13.3. The normalized spacial score (nSPS) is 13.6. The Kier molecular flexibility index (Phi) is 4.55. The van der Waals surface area contributed by atoms with Crippen LogP contribution in [0.4, 0.5) is 0 Å². The van der Waals surface area contributed by atoms with Crippen LogP contribution in [-0.4, -0.2) is 16.2 Å². The number of hydrogen-bond donors (Lipinski definition) is 2. The van der Waals surface area contributed by atoms with Gasteiger partial charge in [0.1, 0.15) is 11.3 Å². The fourth-order valence-electron chi connectivity index (χ4n) is 3.15. The van der Waals surface area contributed by atoms with Crippen LogP contribution in [0, 0.1) is 6.92 Å². The number of carboxylic acid groups (broad SMARTS) is 1. The molecule has 0 aromatic heterocycles. The van der Waals surface area contributed by atoms with Crippen LogP contribution in [0.2, 0.25) is 0 Å². The van der Waals surface area contributed by atoms with Gasteiger partial charge in [0.25, 0.3) is 0 Å². The van der Waals surface area contributed by atoms with E-state index in [1.165, 1.54) is 0 Å². The molecule has 0 aliphatic rings. The lowest BCUT2D eigenvalue weighted by Crippen LogP contribution is -2.24. The third kappa shape index (κ3) is 2.71. The molecule has 0 amide bonds. The van der Waals surface area contributed by atoms with Crippen molar-refractivity contribution in [3.8, 4) is 5.75 Å². The van der Waals surface area contributed by atoms with Crippen molar-refractivity contribution in [1.29, 1.82) is 0 Å². The molecule has 0 saturated heterocycles. The molecule has 0 spiro atoms. The molecular formula is C19H22O3. The van der Waals surface area contributed by atoms with Gasteiger partial charge in [-0.05, 0) is 24.5 Å². The standard InChI is InChI=1S/C19H22O3/c1-4-12-19(3,14-8-6-5-7-9-14)15-11-10-13(2)16(17(15)20)18(21)22/h5-11,20H,4,12H2,1-3H3,(H,21,22). The number of phenols is 1. The Balaban J connectivity index is 2.69. The van der Waals surface area contributed by atoms with Crippen LogP contribution >= 0.6 is 0 Å². The van der Waals surface area contributed by atoms with Gasteiger partial charge in [-0.3, -0.25) is 0 Å². The maximum absolute atomic E-state index is 11.5. The van der Waals surface area contributed by atoms with Crippen LogP contribution in [0.5, 0.6) is 5.75 Å². The number of rotatable bonds is 5. The van der Waals surface area contributed by atoms with Gasteiger partial charge < -0.3 is 10.2 Å². The summed E-state index contributed by atoms with van der Waals surface area (Å²) in [5, 5.41) is 20.0. The van der Waals surface area contributed by atoms with E-state index in [1.807, 2.05) is 36.4 Å². The summed E-state index contributed by atoms with van der Waals surface area (Å²) in [4.78, 5) is 11.5. The van der Waals surface area contributed by atoms with E-state index in [2.05, 4.69) is 13.8 Å². The van der Waals surface area contributed by atoms with Crippen LogP contribution in [0.3, 0.4) is 0 Å². The summed E-state index contributed by atoms with van der Waals surface area (Å²) in [7, 11) is 0. The molecule has 1 atom stereocenters. The van der Waals surface area contributed by atoms with E-state index >= 15 is 0 Å². The van der Waals surface area contributed by atoms with Gasteiger partial charge in [0.05, 0.1) is 0 Å². The molecule has 0 saturated carbocycles. The maximum Gasteiger partial charge on any atom is 0.339 e. The van der Waals surface area contributed by atoms with Crippen molar-refractivity contribution in [3.63, 3.8) is 0 Å². The van der Waals surface area contributed by atoms with Crippen LogP contribution in [0.1, 0.15) is 53.7 Å². The third-order valence-electron chi connectivity index (χ3n) is 4.36. The minimum absolute atomic E-state index is 0.00393. The molecule has 0 bridgehead atoms. The van der Waals surface area contributed by atoms with Crippen molar-refractivity contribution in [3.05, 3.63) is 64.7 Å². The molecule has 1 unspecified atom stereocenters. The minimum atomic E-state index is -1.09. The van der Waals surface area contributed by atoms with Crippen LogP contribution < -0.4 is 0 Å². The Morgan fingerprint density at radius 3 is 2.32 bits per heavy atom. The summed E-state index contributed by atoms with van der Waals surface area (Å²) in [6.07, 6.45) is 1.76. The number of aromatic hydroxyl groups is 1. The highest BCUT2D eigenvalue weighted by Crippen LogP contribution is 2.42. The molecule has 0 heterocycles. The van der Waals surface area contributed by atoms with E-state index in [-0.39, 0.29) is 11.3 Å². The molecule has 116 valence electrons. The summed E-state index contributed by atoms with van der Waals surface area (Å²) in [5.41, 5.74) is 1.89. The smallest absolute Gasteiger partial charge is 0.339 e. The molecule has 0 aliphatic heterocycles. The second kappa shape index (κ2) is 6.22. The van der Waals surface area contributed by atoms with E-state index in [9.17, 15) is 15.0 Å². The van der Waals surface area contributed by atoms with Crippen molar-refractivity contribution in [2.75, 3.05) is 0 Å². The first kappa shape index (κ1) is 16.1. The second-order valence-electron chi connectivity index (χ2n) is 5.91. The average Bonchev–Trinajstić information content (AvgIpc) is 2.48. The predicted octanol–water partition coefficient (Wildman–Crippen LogP) is 4.50. The first-order valence-electron chi connectivity index (χ1n) is 7.53. The highest BCUT2D eigenvalue weighted by atomic mass is 16.4. The van der Waals surface area contributed by atoms with Gasteiger partial charge in [0, 0.05) is 11.0 Å². The fourth-order valence-corrected chi connectivity index (χ4v) is 3.15. The molecule has 0 radical (unpaired) electrons. The van der Waals surface area contributed by atoms with Crippen LogP contribution in [0.25, 0.3) is 0 Å². The lowest BCUT2D eigenvalue weighted by Gasteiger charge is -2.32. The van der Waals surface area contributed by atoms with E-state index in [1.54, 1.807) is 13.0 Å². The molecule has 0 aliphatic carbocycles. The van der Waals surface area contributed by atoms with E-state index in [0.29, 0.717) is 11.1 Å². The van der Waals surface area contributed by atoms with Crippen molar-refractivity contribution in [2.24, 2.45) is 0 Å². The average molecular weight is 298 g/mol. The molecular weight excluding hydrogens is 276 g/mol. The highest BCUT2D eigenvalue weighted by molar-refractivity contribution is 5.93. The zero-order chi connectivity index (χ0) is 16.3. The van der Waals surface area contributed by atoms with Gasteiger partial charge in [-0.2, -0.15) is 0 Å². The van der Waals surface area contributed by atoms with Gasteiger partial charge in [0.2, 0.25) is 0 Å². The van der Waals surface area contributed by atoms with Gasteiger partial charge >= 0.3 is 5.97 Å². The Labute approximate surface area is 131 Å². The lowest BCUT2D eigenvalue weighted by molar-refractivity contribution is 0.0692. The summed E-state index contributed by atoms with van der Waals surface area (Å²) in [6.45, 7) is 5.85. The maximum atomic E-state index is 11.5. The van der Waals surface area contributed by atoms with Crippen molar-refractivity contribution in [1.82, 2.24) is 0 Å². The van der Waals surface area contributed by atoms with Crippen molar-refractivity contribution in [2.45, 2.75) is 39.0 Å². The molecule has 3 nitrogen and oxygen atoms in total. The first-order chi connectivity index (χ1) is 10.4. The predicted molar refractivity (Wildman–Crippen MR) is 87.6 cm³/mol. The summed E-state index contributed by atoms with van der Waals surface area (Å²) >= 11 is 0. The molecule has 0 fully saturated rings. The zero-order valence-corrected chi connectivity index (χ0v) is 13.3. The second-order valence-corrected chi connectivity index (χ2v) is 5.91. The molecule has 2 aromatic carbocycles. The Hall–Kier alpha value is -2.29. The fraction of sp³-hybridized carbons (Fsp3) is 0.316. The van der Waals surface area contributed by atoms with Crippen LogP contribution in [-0.2, 0) is 5.41 Å². The van der Waals surface area contributed by atoms with Crippen molar-refractivity contribution < 1.29 is 15.0 Å². The summed E-state index contributed by atoms with van der Waals surface area (Å²) < 4.78 is 0. The molecule has 2 N–H and O–H groups in total. The van der Waals surface area contributed by atoms with Gasteiger partial charge in [-0.1, -0.05) is 62.7 Å². The molecule has 3 heteroatoms. The quantitative estimate of drug-likeness (QED) is 0.854. The van der Waals surface area contributed by atoms with Gasteiger partial charge in [0.15, 0.2) is 0 Å². The van der Waals surface area contributed by atoms with Crippen LogP contribution in [0.15, 0.2) is 42.5 Å². The van der Waals surface area contributed by atoms with E-state index in [0.717, 1.165) is 18.4 Å². The number of aryl methyl sites for hydroxylation is 1. The minimum Gasteiger partial charge on any atom is -0.507 e. The molecule has 2 aromatic rings. The topological polar surface area (TPSA) is 57.5 Å². The largest absolute Gasteiger partial charge is 0.507 e. The molecule has 2 rings (SSSR count). The number of hydrogen-bond acceptors (Lipinski definition) is 2. The van der Waals surface area contributed by atoms with Gasteiger partial charge in [-0.25, -0.2) is 4.79 Å². The highest BCUT2D eigenvalue weighted by Gasteiger charge is 2.32.